The summed E-state index contributed by atoms with van der Waals surface area (Å²) in [5.41, 5.74) is 1.54. The third-order valence-electron chi connectivity index (χ3n) is 4.91. The molecule has 8 heteroatoms. The number of piperazine rings is 1. The fourth-order valence-electron chi connectivity index (χ4n) is 3.18. The molecule has 2 aliphatic rings. The molecule has 1 aliphatic heterocycles. The highest BCUT2D eigenvalue weighted by Gasteiger charge is 2.26. The Morgan fingerprint density at radius 1 is 1.08 bits per heavy atom. The molecule has 0 unspecified atom stereocenters. The Morgan fingerprint density at radius 2 is 1.85 bits per heavy atom. The number of carbonyl (C=O) groups excluding carboxylic acids is 1. The van der Waals surface area contributed by atoms with Crippen LogP contribution in [0.5, 0.6) is 0 Å². The van der Waals surface area contributed by atoms with E-state index in [-0.39, 0.29) is 18.0 Å². The van der Waals surface area contributed by atoms with E-state index >= 15 is 0 Å². The van der Waals surface area contributed by atoms with Gasteiger partial charge in [-0.05, 0) is 38.0 Å². The number of nitrogens with zero attached hydrogens (tertiary/aromatic N) is 6. The van der Waals surface area contributed by atoms with Crippen LogP contribution in [0.3, 0.4) is 0 Å². The molecule has 0 spiro atoms. The standard InChI is InChI=1S/C18H22N6O2/c1-13-2-7-17(25)24(21-13)12-18(26)23-10-8-22(9-11-23)16-6-5-15(19-20-16)14-3-4-14/h2,5-7,14H,3-4,8-12H2,1H3. The maximum atomic E-state index is 12.5. The first-order chi connectivity index (χ1) is 12.6. The topological polar surface area (TPSA) is 84.2 Å². The van der Waals surface area contributed by atoms with Gasteiger partial charge in [-0.1, -0.05) is 0 Å². The maximum absolute atomic E-state index is 12.5. The van der Waals surface area contributed by atoms with Crippen LogP contribution in [-0.2, 0) is 11.3 Å². The zero-order chi connectivity index (χ0) is 18.1. The molecule has 0 atom stereocenters. The van der Waals surface area contributed by atoms with Crippen LogP contribution in [0, 0.1) is 6.92 Å². The predicted octanol–water partition coefficient (Wildman–Crippen LogP) is 0.568. The Bertz CT molecular complexity index is 851. The first-order valence-corrected chi connectivity index (χ1v) is 9.01. The lowest BCUT2D eigenvalue weighted by Crippen LogP contribution is -2.50. The number of hydrogen-bond acceptors (Lipinski definition) is 6. The monoisotopic (exact) mass is 354 g/mol. The van der Waals surface area contributed by atoms with Gasteiger partial charge in [0.15, 0.2) is 5.82 Å². The van der Waals surface area contributed by atoms with Gasteiger partial charge in [-0.2, -0.15) is 10.2 Å². The number of aromatic nitrogens is 4. The SMILES string of the molecule is Cc1ccc(=O)n(CC(=O)N2CCN(c3ccc(C4CC4)nn3)CC2)n1. The van der Waals surface area contributed by atoms with Crippen LogP contribution in [0.25, 0.3) is 0 Å². The van der Waals surface area contributed by atoms with E-state index in [1.165, 1.54) is 23.6 Å². The first kappa shape index (κ1) is 16.7. The molecule has 1 saturated carbocycles. The van der Waals surface area contributed by atoms with Gasteiger partial charge in [0.25, 0.3) is 5.56 Å². The van der Waals surface area contributed by atoms with Gasteiger partial charge in [0, 0.05) is 38.2 Å². The van der Waals surface area contributed by atoms with E-state index in [1.54, 1.807) is 17.9 Å². The zero-order valence-corrected chi connectivity index (χ0v) is 14.8. The van der Waals surface area contributed by atoms with Crippen LogP contribution in [0.4, 0.5) is 5.82 Å². The van der Waals surface area contributed by atoms with Crippen molar-refractivity contribution in [3.63, 3.8) is 0 Å². The van der Waals surface area contributed by atoms with Crippen LogP contribution < -0.4 is 10.5 Å². The first-order valence-electron chi connectivity index (χ1n) is 9.01. The van der Waals surface area contributed by atoms with Gasteiger partial charge in [-0.15, -0.1) is 5.10 Å². The van der Waals surface area contributed by atoms with Crippen molar-refractivity contribution >= 4 is 11.7 Å². The smallest absolute Gasteiger partial charge is 0.267 e. The quantitative estimate of drug-likeness (QED) is 0.798. The molecule has 0 N–H and O–H groups in total. The highest BCUT2D eigenvalue weighted by atomic mass is 16.2. The minimum atomic E-state index is -0.256. The Labute approximate surface area is 151 Å². The minimum absolute atomic E-state index is 0.0175. The van der Waals surface area contributed by atoms with Crippen LogP contribution in [0.15, 0.2) is 29.1 Å². The minimum Gasteiger partial charge on any atom is -0.352 e. The average molecular weight is 354 g/mol. The van der Waals surface area contributed by atoms with Gasteiger partial charge in [0.2, 0.25) is 5.91 Å². The van der Waals surface area contributed by atoms with E-state index in [1.807, 2.05) is 6.07 Å². The Kier molecular flexibility index (Phi) is 4.40. The Balaban J connectivity index is 1.34. The number of carbonyl (C=O) groups is 1. The van der Waals surface area contributed by atoms with Gasteiger partial charge in [-0.3, -0.25) is 9.59 Å². The molecule has 0 aromatic carbocycles. The normalized spacial score (nSPS) is 17.4. The average Bonchev–Trinajstić information content (AvgIpc) is 3.50. The molecule has 1 aliphatic carbocycles. The number of anilines is 1. The summed E-state index contributed by atoms with van der Waals surface area (Å²) < 4.78 is 1.23. The number of aryl methyl sites for hydroxylation is 1. The van der Waals surface area contributed by atoms with E-state index in [0.717, 1.165) is 17.2 Å². The van der Waals surface area contributed by atoms with Crippen LogP contribution in [0.2, 0.25) is 0 Å². The fourth-order valence-corrected chi connectivity index (χ4v) is 3.18. The maximum Gasteiger partial charge on any atom is 0.267 e. The summed E-state index contributed by atoms with van der Waals surface area (Å²) in [5.74, 6) is 1.38. The molecule has 1 saturated heterocycles. The van der Waals surface area contributed by atoms with Crippen molar-refractivity contribution in [3.05, 3.63) is 46.0 Å². The van der Waals surface area contributed by atoms with Crippen LogP contribution in [0.1, 0.15) is 30.1 Å². The van der Waals surface area contributed by atoms with Gasteiger partial charge in [0.05, 0.1) is 11.4 Å². The van der Waals surface area contributed by atoms with Gasteiger partial charge in [0.1, 0.15) is 6.54 Å². The molecule has 4 rings (SSSR count). The lowest BCUT2D eigenvalue weighted by molar-refractivity contribution is -0.132. The van der Waals surface area contributed by atoms with E-state index in [0.29, 0.717) is 32.1 Å². The Morgan fingerprint density at radius 3 is 2.50 bits per heavy atom. The molecule has 2 aromatic rings. The van der Waals surface area contributed by atoms with Crippen molar-refractivity contribution in [3.8, 4) is 0 Å². The summed E-state index contributed by atoms with van der Waals surface area (Å²) in [7, 11) is 0. The second-order valence-corrected chi connectivity index (χ2v) is 6.93. The van der Waals surface area contributed by atoms with Crippen molar-refractivity contribution in [2.45, 2.75) is 32.2 Å². The molecule has 2 aromatic heterocycles. The summed E-state index contributed by atoms with van der Waals surface area (Å²) in [6.45, 7) is 4.40. The van der Waals surface area contributed by atoms with E-state index in [9.17, 15) is 9.59 Å². The summed E-state index contributed by atoms with van der Waals surface area (Å²) in [4.78, 5) is 28.2. The molecule has 0 bridgehead atoms. The summed E-state index contributed by atoms with van der Waals surface area (Å²) in [6.07, 6.45) is 2.43. The lowest BCUT2D eigenvalue weighted by Gasteiger charge is -2.35. The molecule has 26 heavy (non-hydrogen) atoms. The second kappa shape index (κ2) is 6.86. The number of rotatable bonds is 4. The molecule has 136 valence electrons. The van der Waals surface area contributed by atoms with Crippen LogP contribution in [-0.4, -0.2) is 57.0 Å². The highest BCUT2D eigenvalue weighted by Crippen LogP contribution is 2.38. The predicted molar refractivity (Wildman–Crippen MR) is 96.0 cm³/mol. The van der Waals surface area contributed by atoms with Crippen molar-refractivity contribution in [1.82, 2.24) is 24.9 Å². The summed E-state index contributed by atoms with van der Waals surface area (Å²) in [6, 6.07) is 7.18. The van der Waals surface area contributed by atoms with Crippen molar-refractivity contribution in [2.75, 3.05) is 31.1 Å². The lowest BCUT2D eigenvalue weighted by atomic mass is 10.2. The largest absolute Gasteiger partial charge is 0.352 e. The highest BCUT2D eigenvalue weighted by molar-refractivity contribution is 5.76. The summed E-state index contributed by atoms with van der Waals surface area (Å²) >= 11 is 0. The molecule has 2 fully saturated rings. The van der Waals surface area contributed by atoms with Crippen molar-refractivity contribution in [2.24, 2.45) is 0 Å². The molecule has 0 radical (unpaired) electrons. The van der Waals surface area contributed by atoms with E-state index in [2.05, 4.69) is 26.3 Å². The van der Waals surface area contributed by atoms with Crippen molar-refractivity contribution in [1.29, 1.82) is 0 Å². The second-order valence-electron chi connectivity index (χ2n) is 6.93. The summed E-state index contributed by atoms with van der Waals surface area (Å²) in [5, 5.41) is 12.8. The van der Waals surface area contributed by atoms with Gasteiger partial charge in [-0.25, -0.2) is 4.68 Å². The zero-order valence-electron chi connectivity index (χ0n) is 14.8. The third-order valence-corrected chi connectivity index (χ3v) is 4.91. The third kappa shape index (κ3) is 3.58. The Hall–Kier alpha value is -2.77. The molecular formula is C18H22N6O2. The van der Waals surface area contributed by atoms with E-state index < -0.39 is 0 Å². The molecule has 3 heterocycles. The van der Waals surface area contributed by atoms with Crippen molar-refractivity contribution < 1.29 is 4.79 Å². The number of amides is 1. The number of hydrogen-bond donors (Lipinski definition) is 0. The molecular weight excluding hydrogens is 332 g/mol. The van der Waals surface area contributed by atoms with Gasteiger partial charge < -0.3 is 9.80 Å². The fraction of sp³-hybridized carbons (Fsp3) is 0.500. The van der Waals surface area contributed by atoms with Crippen LogP contribution >= 0.6 is 0 Å². The van der Waals surface area contributed by atoms with E-state index in [4.69, 9.17) is 0 Å². The van der Waals surface area contributed by atoms with Gasteiger partial charge >= 0.3 is 0 Å². The molecule has 1 amide bonds. The molecule has 8 nitrogen and oxygen atoms in total.